The van der Waals surface area contributed by atoms with Gasteiger partial charge >= 0.3 is 6.03 Å². The van der Waals surface area contributed by atoms with Crippen molar-refractivity contribution in [1.29, 1.82) is 0 Å². The maximum atomic E-state index is 12.0. The molecule has 2 amide bonds. The largest absolute Gasteiger partial charge is 0.381 e. The second-order valence-electron chi connectivity index (χ2n) is 6.40. The normalized spacial score (nSPS) is 28.7. The molecule has 6 heteroatoms. The minimum absolute atomic E-state index is 0.127. The highest BCUT2D eigenvalue weighted by atomic mass is 16.5. The number of nitrogens with two attached hydrogens (primary N) is 1. The highest BCUT2D eigenvalue weighted by Gasteiger charge is 2.34. The molecule has 2 heterocycles. The van der Waals surface area contributed by atoms with Crippen molar-refractivity contribution in [3.63, 3.8) is 0 Å². The summed E-state index contributed by atoms with van der Waals surface area (Å²) in [5.74, 6) is 0. The van der Waals surface area contributed by atoms with E-state index in [2.05, 4.69) is 4.90 Å². The Bertz CT molecular complexity index is 343. The molecule has 2 N–H and O–H groups in total. The van der Waals surface area contributed by atoms with Crippen molar-refractivity contribution in [1.82, 2.24) is 14.7 Å². The van der Waals surface area contributed by atoms with Gasteiger partial charge in [0.25, 0.3) is 0 Å². The summed E-state index contributed by atoms with van der Waals surface area (Å²) < 4.78 is 5.49. The number of nitrogens with zero attached hydrogens (tertiary/aromatic N) is 3. The lowest BCUT2D eigenvalue weighted by atomic mass is 9.93. The van der Waals surface area contributed by atoms with Gasteiger partial charge in [-0.3, -0.25) is 4.90 Å². The number of amides is 2. The summed E-state index contributed by atoms with van der Waals surface area (Å²) in [6.45, 7) is 3.45. The molecule has 2 unspecified atom stereocenters. The van der Waals surface area contributed by atoms with Crippen LogP contribution in [0.1, 0.15) is 25.7 Å². The molecule has 6 nitrogen and oxygen atoms in total. The standard InChI is InChI=1S/C15H30N4O2/c1-17(2)15(20)18-7-4-12(5-8-18)19-9-6-14(21-3)10-13(19)11-16/h12-14H,4-11,16H2,1-3H3. The Morgan fingerprint density at radius 2 is 1.90 bits per heavy atom. The molecule has 0 spiro atoms. The second-order valence-corrected chi connectivity index (χ2v) is 6.40. The Balaban J connectivity index is 1.88. The van der Waals surface area contributed by atoms with Crippen LogP contribution in [0.15, 0.2) is 0 Å². The van der Waals surface area contributed by atoms with Crippen LogP contribution in [0.5, 0.6) is 0 Å². The topological polar surface area (TPSA) is 62.0 Å². The minimum atomic E-state index is 0.127. The number of likely N-dealkylation sites (tertiary alicyclic amines) is 2. The molecular formula is C15H30N4O2. The SMILES string of the molecule is COC1CCN(C2CCN(C(=O)N(C)C)CC2)C(CN)C1. The van der Waals surface area contributed by atoms with Crippen LogP contribution < -0.4 is 5.73 Å². The van der Waals surface area contributed by atoms with E-state index in [0.29, 0.717) is 24.7 Å². The van der Waals surface area contributed by atoms with Gasteiger partial charge in [0, 0.05) is 59.5 Å². The average molecular weight is 298 g/mol. The molecule has 2 aliphatic heterocycles. The summed E-state index contributed by atoms with van der Waals surface area (Å²) in [5.41, 5.74) is 5.96. The quantitative estimate of drug-likeness (QED) is 0.827. The molecule has 0 radical (unpaired) electrons. The van der Waals surface area contributed by atoms with Gasteiger partial charge in [0.15, 0.2) is 0 Å². The van der Waals surface area contributed by atoms with E-state index in [-0.39, 0.29) is 6.03 Å². The fourth-order valence-electron chi connectivity index (χ4n) is 3.63. The first-order chi connectivity index (χ1) is 10.1. The Morgan fingerprint density at radius 1 is 1.24 bits per heavy atom. The smallest absolute Gasteiger partial charge is 0.319 e. The molecule has 21 heavy (non-hydrogen) atoms. The van der Waals surface area contributed by atoms with E-state index in [0.717, 1.165) is 45.3 Å². The van der Waals surface area contributed by atoms with Crippen LogP contribution >= 0.6 is 0 Å². The van der Waals surface area contributed by atoms with Gasteiger partial charge in [-0.05, 0) is 25.7 Å². The van der Waals surface area contributed by atoms with E-state index < -0.39 is 0 Å². The fourth-order valence-corrected chi connectivity index (χ4v) is 3.63. The molecule has 2 fully saturated rings. The van der Waals surface area contributed by atoms with Crippen molar-refractivity contribution in [3.05, 3.63) is 0 Å². The van der Waals surface area contributed by atoms with Crippen LogP contribution in [0.4, 0.5) is 4.79 Å². The third-order valence-corrected chi connectivity index (χ3v) is 4.91. The van der Waals surface area contributed by atoms with E-state index >= 15 is 0 Å². The molecule has 2 atom stereocenters. The van der Waals surface area contributed by atoms with Gasteiger partial charge in [0.05, 0.1) is 6.10 Å². The van der Waals surface area contributed by atoms with Crippen molar-refractivity contribution in [2.75, 3.05) is 47.4 Å². The van der Waals surface area contributed by atoms with Crippen LogP contribution in [-0.2, 0) is 4.74 Å². The molecule has 0 aromatic heterocycles. The van der Waals surface area contributed by atoms with Gasteiger partial charge in [-0.2, -0.15) is 0 Å². The monoisotopic (exact) mass is 298 g/mol. The van der Waals surface area contributed by atoms with E-state index in [4.69, 9.17) is 10.5 Å². The van der Waals surface area contributed by atoms with Crippen LogP contribution in [-0.4, -0.2) is 86.3 Å². The maximum Gasteiger partial charge on any atom is 0.319 e. The Labute approximate surface area is 128 Å². The average Bonchev–Trinajstić information content (AvgIpc) is 2.53. The summed E-state index contributed by atoms with van der Waals surface area (Å²) in [6.07, 6.45) is 4.57. The zero-order valence-electron chi connectivity index (χ0n) is 13.6. The zero-order valence-corrected chi connectivity index (χ0v) is 13.6. The van der Waals surface area contributed by atoms with E-state index in [9.17, 15) is 4.79 Å². The van der Waals surface area contributed by atoms with Crippen molar-refractivity contribution < 1.29 is 9.53 Å². The molecule has 0 saturated carbocycles. The predicted octanol–water partition coefficient (Wildman–Crippen LogP) is 0.571. The summed E-state index contributed by atoms with van der Waals surface area (Å²) in [5, 5.41) is 0. The number of ether oxygens (including phenoxy) is 1. The number of hydrogen-bond acceptors (Lipinski definition) is 4. The Morgan fingerprint density at radius 3 is 2.43 bits per heavy atom. The van der Waals surface area contributed by atoms with Crippen LogP contribution in [0.25, 0.3) is 0 Å². The molecule has 0 aliphatic carbocycles. The van der Waals surface area contributed by atoms with Crippen LogP contribution in [0, 0.1) is 0 Å². The van der Waals surface area contributed by atoms with Gasteiger partial charge in [-0.25, -0.2) is 4.79 Å². The van der Waals surface area contributed by atoms with E-state index in [1.54, 1.807) is 12.0 Å². The third kappa shape index (κ3) is 3.87. The van der Waals surface area contributed by atoms with Crippen LogP contribution in [0.2, 0.25) is 0 Å². The van der Waals surface area contributed by atoms with Gasteiger partial charge < -0.3 is 20.3 Å². The summed E-state index contributed by atoms with van der Waals surface area (Å²) in [4.78, 5) is 18.2. The predicted molar refractivity (Wildman–Crippen MR) is 83.3 cm³/mol. The van der Waals surface area contributed by atoms with Gasteiger partial charge in [0.1, 0.15) is 0 Å². The Hall–Kier alpha value is -0.850. The Kier molecular flexibility index (Phi) is 5.84. The third-order valence-electron chi connectivity index (χ3n) is 4.91. The first-order valence-corrected chi connectivity index (χ1v) is 8.01. The lowest BCUT2D eigenvalue weighted by Crippen LogP contribution is -2.56. The number of carbonyl (C=O) groups excluding carboxylic acids is 1. The van der Waals surface area contributed by atoms with Gasteiger partial charge in [-0.1, -0.05) is 0 Å². The highest BCUT2D eigenvalue weighted by molar-refractivity contribution is 5.73. The van der Waals surface area contributed by atoms with Gasteiger partial charge in [0.2, 0.25) is 0 Å². The highest BCUT2D eigenvalue weighted by Crippen LogP contribution is 2.26. The van der Waals surface area contributed by atoms with E-state index in [1.807, 2.05) is 19.0 Å². The number of rotatable bonds is 3. The number of piperidine rings is 2. The van der Waals surface area contributed by atoms with Crippen molar-refractivity contribution >= 4 is 6.03 Å². The first kappa shape index (κ1) is 16.5. The number of hydrogen-bond donors (Lipinski definition) is 1. The first-order valence-electron chi connectivity index (χ1n) is 8.01. The molecule has 2 aliphatic rings. The number of urea groups is 1. The van der Waals surface area contributed by atoms with Crippen LogP contribution in [0.3, 0.4) is 0 Å². The van der Waals surface area contributed by atoms with Crippen molar-refractivity contribution in [2.45, 2.75) is 43.9 Å². The fraction of sp³-hybridized carbons (Fsp3) is 0.933. The van der Waals surface area contributed by atoms with E-state index in [1.165, 1.54) is 0 Å². The maximum absolute atomic E-state index is 12.0. The summed E-state index contributed by atoms with van der Waals surface area (Å²) in [7, 11) is 5.42. The minimum Gasteiger partial charge on any atom is -0.381 e. The molecule has 2 saturated heterocycles. The van der Waals surface area contributed by atoms with Gasteiger partial charge in [-0.15, -0.1) is 0 Å². The van der Waals surface area contributed by atoms with Crippen molar-refractivity contribution in [3.8, 4) is 0 Å². The summed E-state index contributed by atoms with van der Waals surface area (Å²) in [6, 6.07) is 1.11. The molecule has 0 bridgehead atoms. The lowest BCUT2D eigenvalue weighted by Gasteiger charge is -2.46. The van der Waals surface area contributed by atoms with Crippen molar-refractivity contribution in [2.24, 2.45) is 5.73 Å². The zero-order chi connectivity index (χ0) is 15.4. The number of carbonyl (C=O) groups is 1. The molecule has 2 rings (SSSR count). The lowest BCUT2D eigenvalue weighted by molar-refractivity contribution is -0.0149. The summed E-state index contributed by atoms with van der Waals surface area (Å²) >= 11 is 0. The molecule has 122 valence electrons. The molecular weight excluding hydrogens is 268 g/mol. The number of methoxy groups -OCH3 is 1. The second kappa shape index (κ2) is 7.42. The molecule has 0 aromatic carbocycles. The molecule has 0 aromatic rings.